The molecule has 0 aliphatic carbocycles. The van der Waals surface area contributed by atoms with Crippen LogP contribution in [-0.4, -0.2) is 14.2 Å². The number of halogens is 4. The lowest BCUT2D eigenvalue weighted by Crippen LogP contribution is -2.00. The predicted octanol–water partition coefficient (Wildman–Crippen LogP) is 6.32. The highest BCUT2D eigenvalue weighted by Crippen LogP contribution is 2.45. The van der Waals surface area contributed by atoms with Gasteiger partial charge in [0.25, 0.3) is 0 Å². The van der Waals surface area contributed by atoms with Crippen molar-refractivity contribution in [3.8, 4) is 11.5 Å². The van der Waals surface area contributed by atoms with Crippen LogP contribution in [0.3, 0.4) is 0 Å². The zero-order chi connectivity index (χ0) is 15.6. The fraction of sp³-hybridized carbons (Fsp3) is 0.200. The van der Waals surface area contributed by atoms with E-state index in [0.29, 0.717) is 11.5 Å². The number of hydrogen-bond acceptors (Lipinski definition) is 2. The van der Waals surface area contributed by atoms with Crippen LogP contribution >= 0.6 is 59.4 Å². The number of ether oxygens (including phenoxy) is 2. The SMILES string of the molecule is COc1ccc(C(Cl)c2cc(Br)ccc2Br)c(OC)c1Br. The first-order chi connectivity index (χ1) is 9.99. The molecule has 0 spiro atoms. The topological polar surface area (TPSA) is 18.5 Å². The Morgan fingerprint density at radius 1 is 0.952 bits per heavy atom. The normalized spacial score (nSPS) is 12.1. The largest absolute Gasteiger partial charge is 0.495 e. The van der Waals surface area contributed by atoms with Gasteiger partial charge in [0.05, 0.1) is 19.6 Å². The van der Waals surface area contributed by atoms with Crippen LogP contribution < -0.4 is 9.47 Å². The maximum absolute atomic E-state index is 6.67. The zero-order valence-electron chi connectivity index (χ0n) is 11.3. The second-order valence-electron chi connectivity index (χ2n) is 4.23. The molecule has 0 saturated carbocycles. The molecule has 0 heterocycles. The summed E-state index contributed by atoms with van der Waals surface area (Å²) >= 11 is 17.2. The van der Waals surface area contributed by atoms with Crippen molar-refractivity contribution in [3.05, 3.63) is 54.9 Å². The van der Waals surface area contributed by atoms with Crippen molar-refractivity contribution >= 4 is 59.4 Å². The van der Waals surface area contributed by atoms with Crippen molar-refractivity contribution in [2.45, 2.75) is 5.38 Å². The molecular formula is C15H12Br3ClO2. The molecule has 2 aromatic carbocycles. The van der Waals surface area contributed by atoms with Gasteiger partial charge in [-0.25, -0.2) is 0 Å². The van der Waals surface area contributed by atoms with Gasteiger partial charge in [-0.1, -0.05) is 31.9 Å². The van der Waals surface area contributed by atoms with Gasteiger partial charge in [-0.2, -0.15) is 0 Å². The van der Waals surface area contributed by atoms with Gasteiger partial charge in [0.2, 0.25) is 0 Å². The summed E-state index contributed by atoms with van der Waals surface area (Å²) < 4.78 is 13.4. The molecule has 6 heteroatoms. The van der Waals surface area contributed by atoms with Crippen molar-refractivity contribution < 1.29 is 9.47 Å². The standard InChI is InChI=1S/C15H12Br3ClO2/c1-20-12-6-4-9(15(21-2)13(12)18)14(19)10-7-8(16)3-5-11(10)17/h3-7,14H,1-2H3. The third-order valence-corrected chi connectivity index (χ3v) is 5.46. The molecule has 21 heavy (non-hydrogen) atoms. The van der Waals surface area contributed by atoms with Crippen LogP contribution in [0.1, 0.15) is 16.5 Å². The first-order valence-corrected chi connectivity index (χ1v) is 8.80. The predicted molar refractivity (Wildman–Crippen MR) is 96.8 cm³/mol. The van der Waals surface area contributed by atoms with Crippen LogP contribution in [0.4, 0.5) is 0 Å². The Labute approximate surface area is 154 Å². The van der Waals surface area contributed by atoms with Gasteiger partial charge in [0.15, 0.2) is 0 Å². The van der Waals surface area contributed by atoms with Gasteiger partial charge >= 0.3 is 0 Å². The monoisotopic (exact) mass is 496 g/mol. The summed E-state index contributed by atoms with van der Waals surface area (Å²) in [5.74, 6) is 1.37. The van der Waals surface area contributed by atoms with Gasteiger partial charge in [0, 0.05) is 14.5 Å². The molecule has 0 fully saturated rings. The maximum atomic E-state index is 6.67. The van der Waals surface area contributed by atoms with Crippen LogP contribution in [0, 0.1) is 0 Å². The molecule has 0 N–H and O–H groups in total. The molecule has 1 unspecified atom stereocenters. The lowest BCUT2D eigenvalue weighted by atomic mass is 10.0. The molecule has 112 valence electrons. The van der Waals surface area contributed by atoms with Gasteiger partial charge in [-0.15, -0.1) is 11.6 Å². The third kappa shape index (κ3) is 3.58. The van der Waals surface area contributed by atoms with Crippen LogP contribution in [0.25, 0.3) is 0 Å². The lowest BCUT2D eigenvalue weighted by molar-refractivity contribution is 0.386. The van der Waals surface area contributed by atoms with Crippen molar-refractivity contribution in [1.29, 1.82) is 0 Å². The van der Waals surface area contributed by atoms with E-state index in [1.165, 1.54) is 0 Å². The smallest absolute Gasteiger partial charge is 0.141 e. The van der Waals surface area contributed by atoms with Crippen molar-refractivity contribution in [2.24, 2.45) is 0 Å². The molecule has 0 aromatic heterocycles. The van der Waals surface area contributed by atoms with Crippen molar-refractivity contribution in [2.75, 3.05) is 14.2 Å². The minimum Gasteiger partial charge on any atom is -0.495 e. The van der Waals surface area contributed by atoms with Crippen molar-refractivity contribution in [1.82, 2.24) is 0 Å². The minimum atomic E-state index is -0.353. The van der Waals surface area contributed by atoms with E-state index in [1.807, 2.05) is 30.3 Å². The molecule has 0 amide bonds. The summed E-state index contributed by atoms with van der Waals surface area (Å²) in [6.07, 6.45) is 0. The molecule has 0 radical (unpaired) electrons. The molecule has 2 aromatic rings. The number of benzene rings is 2. The Bertz CT molecular complexity index is 662. The number of hydrogen-bond donors (Lipinski definition) is 0. The Morgan fingerprint density at radius 2 is 1.67 bits per heavy atom. The molecule has 2 nitrogen and oxygen atoms in total. The van der Waals surface area contributed by atoms with E-state index in [9.17, 15) is 0 Å². The highest BCUT2D eigenvalue weighted by atomic mass is 79.9. The molecular weight excluding hydrogens is 487 g/mol. The summed E-state index contributed by atoms with van der Waals surface area (Å²) in [4.78, 5) is 0. The first kappa shape index (κ1) is 17.1. The van der Waals surface area contributed by atoms with Gasteiger partial charge in [0.1, 0.15) is 16.0 Å². The van der Waals surface area contributed by atoms with Crippen LogP contribution in [-0.2, 0) is 0 Å². The third-order valence-electron chi connectivity index (χ3n) is 3.02. The minimum absolute atomic E-state index is 0.353. The van der Waals surface area contributed by atoms with Crippen molar-refractivity contribution in [3.63, 3.8) is 0 Å². The summed E-state index contributed by atoms with van der Waals surface area (Å²) in [6, 6.07) is 9.67. The number of alkyl halides is 1. The van der Waals surface area contributed by atoms with E-state index >= 15 is 0 Å². The Balaban J connectivity index is 2.55. The van der Waals surface area contributed by atoms with Crippen LogP contribution in [0.5, 0.6) is 11.5 Å². The maximum Gasteiger partial charge on any atom is 0.141 e. The molecule has 0 bridgehead atoms. The highest BCUT2D eigenvalue weighted by molar-refractivity contribution is 9.11. The fourth-order valence-corrected chi connectivity index (χ4v) is 4.02. The fourth-order valence-electron chi connectivity index (χ4n) is 1.99. The Morgan fingerprint density at radius 3 is 2.29 bits per heavy atom. The van der Waals surface area contributed by atoms with E-state index in [0.717, 1.165) is 24.5 Å². The summed E-state index contributed by atoms with van der Waals surface area (Å²) in [6.45, 7) is 0. The van der Waals surface area contributed by atoms with E-state index in [-0.39, 0.29) is 5.38 Å². The second kappa shape index (κ2) is 7.36. The zero-order valence-corrected chi connectivity index (χ0v) is 16.8. The van der Waals surface area contributed by atoms with Crippen LogP contribution in [0.15, 0.2) is 43.7 Å². The average molecular weight is 499 g/mol. The quantitative estimate of drug-likeness (QED) is 0.459. The Kier molecular flexibility index (Phi) is 6.00. The highest BCUT2D eigenvalue weighted by Gasteiger charge is 2.22. The lowest BCUT2D eigenvalue weighted by Gasteiger charge is -2.18. The Hall–Kier alpha value is -0.230. The molecule has 1 atom stereocenters. The first-order valence-electron chi connectivity index (χ1n) is 5.99. The van der Waals surface area contributed by atoms with E-state index in [1.54, 1.807) is 14.2 Å². The molecule has 0 aliphatic rings. The van der Waals surface area contributed by atoms with E-state index < -0.39 is 0 Å². The summed E-state index contributed by atoms with van der Waals surface area (Å²) in [7, 11) is 3.23. The second-order valence-corrected chi connectivity index (χ2v) is 7.23. The molecule has 0 saturated heterocycles. The summed E-state index contributed by atoms with van der Waals surface area (Å²) in [5, 5.41) is -0.353. The number of rotatable bonds is 4. The average Bonchev–Trinajstić information content (AvgIpc) is 2.48. The molecule has 2 rings (SSSR count). The summed E-state index contributed by atoms with van der Waals surface area (Å²) in [5.41, 5.74) is 1.83. The van der Waals surface area contributed by atoms with Gasteiger partial charge in [-0.05, 0) is 51.8 Å². The number of methoxy groups -OCH3 is 2. The van der Waals surface area contributed by atoms with Gasteiger partial charge in [-0.3, -0.25) is 0 Å². The molecule has 0 aliphatic heterocycles. The van der Waals surface area contributed by atoms with E-state index in [4.69, 9.17) is 21.1 Å². The van der Waals surface area contributed by atoms with E-state index in [2.05, 4.69) is 47.8 Å². The van der Waals surface area contributed by atoms with Gasteiger partial charge < -0.3 is 9.47 Å². The van der Waals surface area contributed by atoms with Crippen LogP contribution in [0.2, 0.25) is 0 Å².